The van der Waals surface area contributed by atoms with Gasteiger partial charge in [-0.15, -0.1) is 0 Å². The Morgan fingerprint density at radius 1 is 1.15 bits per heavy atom. The maximum atomic E-state index is 5.29. The van der Waals surface area contributed by atoms with E-state index in [-0.39, 0.29) is 0 Å². The van der Waals surface area contributed by atoms with Gasteiger partial charge in [0.05, 0.1) is 18.8 Å². The summed E-state index contributed by atoms with van der Waals surface area (Å²) in [5, 5.41) is 3.62. The van der Waals surface area contributed by atoms with Gasteiger partial charge in [-0.1, -0.05) is 28.1 Å². The normalized spacial score (nSPS) is 16.9. The van der Waals surface area contributed by atoms with Crippen LogP contribution in [0.4, 0.5) is 5.69 Å². The topological polar surface area (TPSA) is 21.3 Å². The summed E-state index contributed by atoms with van der Waals surface area (Å²) in [4.78, 5) is 0. The Labute approximate surface area is 135 Å². The summed E-state index contributed by atoms with van der Waals surface area (Å²) in [7, 11) is 1.69. The maximum Gasteiger partial charge on any atom is 0.121 e. The standard InChI is InChI=1S/C16H15Br2NO/c1-20-10-5-7-14(18)16(9-10)19-15-8-6-11-12(15)3-2-4-13(11)17/h2-5,7,9,15,19H,6,8H2,1H3. The molecule has 3 rings (SSSR count). The maximum absolute atomic E-state index is 5.29. The highest BCUT2D eigenvalue weighted by molar-refractivity contribution is 9.10. The van der Waals surface area contributed by atoms with E-state index in [1.807, 2.05) is 18.2 Å². The quantitative estimate of drug-likeness (QED) is 0.757. The third-order valence-corrected chi connectivity index (χ3v) is 5.15. The van der Waals surface area contributed by atoms with Gasteiger partial charge in [-0.2, -0.15) is 0 Å². The molecule has 0 radical (unpaired) electrons. The van der Waals surface area contributed by atoms with Crippen molar-refractivity contribution in [1.29, 1.82) is 0 Å². The molecule has 1 N–H and O–H groups in total. The highest BCUT2D eigenvalue weighted by atomic mass is 79.9. The third-order valence-electron chi connectivity index (χ3n) is 3.72. The summed E-state index contributed by atoms with van der Waals surface area (Å²) >= 11 is 7.23. The largest absolute Gasteiger partial charge is 0.497 e. The van der Waals surface area contributed by atoms with Gasteiger partial charge in [-0.05, 0) is 58.1 Å². The lowest BCUT2D eigenvalue weighted by Gasteiger charge is -2.17. The number of halogens is 2. The second kappa shape index (κ2) is 5.78. The molecule has 1 atom stereocenters. The Morgan fingerprint density at radius 3 is 2.80 bits per heavy atom. The van der Waals surface area contributed by atoms with Crippen LogP contribution in [0.1, 0.15) is 23.6 Å². The molecule has 2 aromatic rings. The average molecular weight is 397 g/mol. The van der Waals surface area contributed by atoms with Gasteiger partial charge in [0.2, 0.25) is 0 Å². The average Bonchev–Trinajstić information content (AvgIpc) is 2.86. The summed E-state index contributed by atoms with van der Waals surface area (Å²) in [5.41, 5.74) is 3.88. The highest BCUT2D eigenvalue weighted by Crippen LogP contribution is 2.39. The van der Waals surface area contributed by atoms with E-state index in [2.05, 4.69) is 55.4 Å². The van der Waals surface area contributed by atoms with Crippen LogP contribution in [0.25, 0.3) is 0 Å². The van der Waals surface area contributed by atoms with E-state index >= 15 is 0 Å². The van der Waals surface area contributed by atoms with Crippen molar-refractivity contribution in [3.8, 4) is 5.75 Å². The molecule has 0 heterocycles. The smallest absolute Gasteiger partial charge is 0.121 e. The molecule has 4 heteroatoms. The number of nitrogens with one attached hydrogen (secondary N) is 1. The Balaban J connectivity index is 1.89. The minimum Gasteiger partial charge on any atom is -0.497 e. The van der Waals surface area contributed by atoms with E-state index in [1.165, 1.54) is 15.6 Å². The zero-order chi connectivity index (χ0) is 14.1. The van der Waals surface area contributed by atoms with Crippen molar-refractivity contribution in [2.24, 2.45) is 0 Å². The van der Waals surface area contributed by atoms with Crippen molar-refractivity contribution in [1.82, 2.24) is 0 Å². The number of methoxy groups -OCH3 is 1. The fraction of sp³-hybridized carbons (Fsp3) is 0.250. The molecule has 0 saturated carbocycles. The molecule has 2 nitrogen and oxygen atoms in total. The summed E-state index contributed by atoms with van der Waals surface area (Å²) in [6.07, 6.45) is 2.22. The predicted octanol–water partition coefficient (Wildman–Crippen LogP) is 5.32. The molecule has 0 fully saturated rings. The number of ether oxygens (including phenoxy) is 1. The van der Waals surface area contributed by atoms with Gasteiger partial charge in [0.25, 0.3) is 0 Å². The molecule has 0 amide bonds. The van der Waals surface area contributed by atoms with Gasteiger partial charge in [0, 0.05) is 15.0 Å². The number of anilines is 1. The van der Waals surface area contributed by atoms with Crippen molar-refractivity contribution in [3.05, 3.63) is 56.5 Å². The Bertz CT molecular complexity index is 642. The second-order valence-electron chi connectivity index (χ2n) is 4.89. The first-order valence-electron chi connectivity index (χ1n) is 6.56. The number of hydrogen-bond donors (Lipinski definition) is 1. The molecule has 1 unspecified atom stereocenters. The molecule has 2 aromatic carbocycles. The molecule has 0 saturated heterocycles. The fourth-order valence-corrected chi connectivity index (χ4v) is 3.63. The predicted molar refractivity (Wildman–Crippen MR) is 89.5 cm³/mol. The van der Waals surface area contributed by atoms with Crippen LogP contribution in [0, 0.1) is 0 Å². The summed E-state index contributed by atoms with van der Waals surface area (Å²) < 4.78 is 7.56. The van der Waals surface area contributed by atoms with Crippen LogP contribution < -0.4 is 10.1 Å². The van der Waals surface area contributed by atoms with E-state index in [0.717, 1.165) is 28.8 Å². The van der Waals surface area contributed by atoms with Crippen LogP contribution in [0.2, 0.25) is 0 Å². The molecular formula is C16H15Br2NO. The monoisotopic (exact) mass is 395 g/mol. The first-order valence-corrected chi connectivity index (χ1v) is 8.15. The summed E-state index contributed by atoms with van der Waals surface area (Å²) in [6, 6.07) is 12.8. The lowest BCUT2D eigenvalue weighted by Crippen LogP contribution is -2.07. The van der Waals surface area contributed by atoms with Crippen LogP contribution in [-0.4, -0.2) is 7.11 Å². The van der Waals surface area contributed by atoms with Crippen molar-refractivity contribution in [2.45, 2.75) is 18.9 Å². The highest BCUT2D eigenvalue weighted by Gasteiger charge is 2.24. The molecule has 20 heavy (non-hydrogen) atoms. The molecule has 1 aliphatic carbocycles. The van der Waals surface area contributed by atoms with E-state index in [1.54, 1.807) is 7.11 Å². The van der Waals surface area contributed by atoms with E-state index in [9.17, 15) is 0 Å². The molecular weight excluding hydrogens is 382 g/mol. The minimum atomic E-state index is 0.353. The van der Waals surface area contributed by atoms with Crippen LogP contribution in [0.15, 0.2) is 45.3 Å². The van der Waals surface area contributed by atoms with Crippen molar-refractivity contribution < 1.29 is 4.74 Å². The third kappa shape index (κ3) is 2.59. The van der Waals surface area contributed by atoms with Gasteiger partial charge in [0.15, 0.2) is 0 Å². The van der Waals surface area contributed by atoms with Crippen LogP contribution >= 0.6 is 31.9 Å². The van der Waals surface area contributed by atoms with Gasteiger partial charge in [-0.3, -0.25) is 0 Å². The van der Waals surface area contributed by atoms with E-state index in [4.69, 9.17) is 4.74 Å². The Kier molecular flexibility index (Phi) is 4.03. The fourth-order valence-electron chi connectivity index (χ4n) is 2.69. The van der Waals surface area contributed by atoms with Gasteiger partial charge in [-0.25, -0.2) is 0 Å². The molecule has 1 aliphatic rings. The lowest BCUT2D eigenvalue weighted by atomic mass is 10.1. The van der Waals surface area contributed by atoms with Crippen LogP contribution in [-0.2, 0) is 6.42 Å². The zero-order valence-electron chi connectivity index (χ0n) is 11.1. The van der Waals surface area contributed by atoms with Gasteiger partial charge in [0.1, 0.15) is 5.75 Å². The number of hydrogen-bond acceptors (Lipinski definition) is 2. The first-order chi connectivity index (χ1) is 9.69. The van der Waals surface area contributed by atoms with E-state index in [0.29, 0.717) is 6.04 Å². The Hall–Kier alpha value is -1.00. The zero-order valence-corrected chi connectivity index (χ0v) is 14.3. The molecule has 0 bridgehead atoms. The van der Waals surface area contributed by atoms with Crippen molar-refractivity contribution >= 4 is 37.5 Å². The lowest BCUT2D eigenvalue weighted by molar-refractivity contribution is 0.415. The second-order valence-corrected chi connectivity index (χ2v) is 6.60. The van der Waals surface area contributed by atoms with Crippen molar-refractivity contribution in [2.75, 3.05) is 12.4 Å². The van der Waals surface area contributed by atoms with E-state index < -0.39 is 0 Å². The van der Waals surface area contributed by atoms with Gasteiger partial charge < -0.3 is 10.1 Å². The molecule has 0 aromatic heterocycles. The molecule has 0 aliphatic heterocycles. The van der Waals surface area contributed by atoms with Crippen molar-refractivity contribution in [3.63, 3.8) is 0 Å². The summed E-state index contributed by atoms with van der Waals surface area (Å²) in [6.45, 7) is 0. The summed E-state index contributed by atoms with van der Waals surface area (Å²) in [5.74, 6) is 0.864. The first kappa shape index (κ1) is 14.0. The minimum absolute atomic E-state index is 0.353. The molecule has 104 valence electrons. The Morgan fingerprint density at radius 2 is 2.00 bits per heavy atom. The number of benzene rings is 2. The van der Waals surface area contributed by atoms with Crippen LogP contribution in [0.3, 0.4) is 0 Å². The number of fused-ring (bicyclic) bond motifs is 1. The number of rotatable bonds is 3. The molecule has 0 spiro atoms. The van der Waals surface area contributed by atoms with Gasteiger partial charge >= 0.3 is 0 Å². The SMILES string of the molecule is COc1ccc(Br)c(NC2CCc3c(Br)cccc32)c1. The van der Waals surface area contributed by atoms with Crippen LogP contribution in [0.5, 0.6) is 5.75 Å².